The van der Waals surface area contributed by atoms with Crippen molar-refractivity contribution in [2.24, 2.45) is 11.8 Å². The van der Waals surface area contributed by atoms with Gasteiger partial charge in [0.1, 0.15) is 0 Å². The van der Waals surface area contributed by atoms with Crippen LogP contribution in [0.1, 0.15) is 26.7 Å². The van der Waals surface area contributed by atoms with E-state index in [0.717, 1.165) is 19.4 Å². The van der Waals surface area contributed by atoms with Gasteiger partial charge in [-0.1, -0.05) is 13.8 Å². The number of sulfone groups is 1. The van der Waals surface area contributed by atoms with Gasteiger partial charge in [-0.25, -0.2) is 8.42 Å². The van der Waals surface area contributed by atoms with Crippen LogP contribution in [0.5, 0.6) is 0 Å². The van der Waals surface area contributed by atoms with Crippen LogP contribution in [0, 0.1) is 11.8 Å². The van der Waals surface area contributed by atoms with Gasteiger partial charge in [-0.2, -0.15) is 0 Å². The number of aliphatic hydroxyl groups excluding tert-OH is 1. The fraction of sp³-hybridized carbons (Fsp3) is 1.00. The zero-order valence-corrected chi connectivity index (χ0v) is 11.0. The van der Waals surface area contributed by atoms with Gasteiger partial charge >= 0.3 is 0 Å². The highest BCUT2D eigenvalue weighted by Gasteiger charge is 2.32. The summed E-state index contributed by atoms with van der Waals surface area (Å²) in [4.78, 5) is 0. The van der Waals surface area contributed by atoms with Crippen molar-refractivity contribution in [1.82, 2.24) is 5.32 Å². The summed E-state index contributed by atoms with van der Waals surface area (Å²) in [5, 5.41) is 12.6. The number of nitrogens with one attached hydrogen (secondary N) is 1. The molecule has 0 saturated carbocycles. The molecule has 1 fully saturated rings. The van der Waals surface area contributed by atoms with E-state index in [4.69, 9.17) is 0 Å². The van der Waals surface area contributed by atoms with E-state index in [1.165, 1.54) is 0 Å². The number of hydrogen-bond acceptors (Lipinski definition) is 4. The largest absolute Gasteiger partial charge is 0.396 e. The fourth-order valence-electron chi connectivity index (χ4n) is 2.23. The Balaban J connectivity index is 2.37. The van der Waals surface area contributed by atoms with E-state index in [1.54, 1.807) is 0 Å². The lowest BCUT2D eigenvalue weighted by Crippen LogP contribution is -2.29. The molecule has 2 atom stereocenters. The van der Waals surface area contributed by atoms with Crippen LogP contribution < -0.4 is 5.32 Å². The van der Waals surface area contributed by atoms with E-state index in [0.29, 0.717) is 11.8 Å². The average Bonchev–Trinajstić information content (AvgIpc) is 2.53. The van der Waals surface area contributed by atoms with Crippen LogP contribution in [0.2, 0.25) is 0 Å². The minimum Gasteiger partial charge on any atom is -0.396 e. The van der Waals surface area contributed by atoms with E-state index >= 15 is 0 Å². The topological polar surface area (TPSA) is 66.4 Å². The fourth-order valence-corrected chi connectivity index (χ4v) is 4.15. The molecule has 5 heteroatoms. The first kappa shape index (κ1) is 13.9. The molecule has 2 N–H and O–H groups in total. The zero-order valence-electron chi connectivity index (χ0n) is 10.1. The minimum atomic E-state index is -2.82. The second kappa shape index (κ2) is 5.98. The zero-order chi connectivity index (χ0) is 12.2. The highest BCUT2D eigenvalue weighted by molar-refractivity contribution is 7.91. The quantitative estimate of drug-likeness (QED) is 0.716. The van der Waals surface area contributed by atoms with Gasteiger partial charge in [-0.15, -0.1) is 0 Å². The summed E-state index contributed by atoms with van der Waals surface area (Å²) in [5.74, 6) is 0.846. The molecule has 0 aromatic heterocycles. The van der Waals surface area contributed by atoms with Gasteiger partial charge in [0.25, 0.3) is 0 Å². The molecule has 1 rings (SSSR count). The third-order valence-electron chi connectivity index (χ3n) is 3.24. The second-order valence-electron chi connectivity index (χ2n) is 5.00. The van der Waals surface area contributed by atoms with Crippen molar-refractivity contribution in [3.05, 3.63) is 0 Å². The van der Waals surface area contributed by atoms with Gasteiger partial charge < -0.3 is 10.4 Å². The Morgan fingerprint density at radius 3 is 2.56 bits per heavy atom. The predicted molar refractivity (Wildman–Crippen MR) is 65.1 cm³/mol. The molecular weight excluding hydrogens is 226 g/mol. The molecule has 1 saturated heterocycles. The van der Waals surface area contributed by atoms with Crippen molar-refractivity contribution in [2.45, 2.75) is 32.7 Å². The molecule has 1 heterocycles. The summed E-state index contributed by atoms with van der Waals surface area (Å²) in [7, 11) is -2.82. The third-order valence-corrected chi connectivity index (χ3v) is 5.03. The Morgan fingerprint density at radius 2 is 2.12 bits per heavy atom. The molecule has 0 aliphatic carbocycles. The van der Waals surface area contributed by atoms with Crippen LogP contribution >= 0.6 is 0 Å². The van der Waals surface area contributed by atoms with Crippen LogP contribution in [0.4, 0.5) is 0 Å². The molecule has 1 aliphatic heterocycles. The Hall–Kier alpha value is -0.130. The van der Waals surface area contributed by atoms with Gasteiger partial charge in [-0.05, 0) is 31.2 Å². The molecule has 2 unspecified atom stereocenters. The van der Waals surface area contributed by atoms with Crippen LogP contribution in [0.25, 0.3) is 0 Å². The number of rotatable bonds is 6. The molecule has 16 heavy (non-hydrogen) atoms. The van der Waals surface area contributed by atoms with Crippen LogP contribution in [0.15, 0.2) is 0 Å². The Morgan fingerprint density at radius 1 is 1.44 bits per heavy atom. The molecule has 0 radical (unpaired) electrons. The lowest BCUT2D eigenvalue weighted by Gasteiger charge is -2.20. The number of aliphatic hydroxyl groups is 1. The standard InChI is InChI=1S/C11H23NO3S/c1-9(2)12-5-3-10(7-13)11-4-6-16(14,15)8-11/h9-13H,3-8H2,1-2H3. The Bertz CT molecular complexity index is 300. The van der Waals surface area contributed by atoms with E-state index < -0.39 is 9.84 Å². The lowest BCUT2D eigenvalue weighted by molar-refractivity contribution is 0.175. The number of hydrogen-bond donors (Lipinski definition) is 2. The maximum absolute atomic E-state index is 11.3. The van der Waals surface area contributed by atoms with Crippen molar-refractivity contribution < 1.29 is 13.5 Å². The Kier molecular flexibility index (Phi) is 5.21. The minimum absolute atomic E-state index is 0.0972. The summed E-state index contributed by atoms with van der Waals surface area (Å²) in [5.41, 5.74) is 0. The second-order valence-corrected chi connectivity index (χ2v) is 7.23. The third kappa shape index (κ3) is 4.39. The van der Waals surface area contributed by atoms with Gasteiger partial charge in [-0.3, -0.25) is 0 Å². The van der Waals surface area contributed by atoms with Crippen molar-refractivity contribution in [3.63, 3.8) is 0 Å². The Labute approximate surface area is 98.4 Å². The van der Waals surface area contributed by atoms with Crippen molar-refractivity contribution in [3.8, 4) is 0 Å². The summed E-state index contributed by atoms with van der Waals surface area (Å²) < 4.78 is 22.7. The molecule has 0 bridgehead atoms. The SMILES string of the molecule is CC(C)NCCC(CO)C1CCS(=O)(=O)C1. The molecule has 96 valence electrons. The van der Waals surface area contributed by atoms with E-state index in [2.05, 4.69) is 19.2 Å². The van der Waals surface area contributed by atoms with Crippen LogP contribution in [-0.2, 0) is 9.84 Å². The maximum Gasteiger partial charge on any atom is 0.150 e. The summed E-state index contributed by atoms with van der Waals surface area (Å²) in [6.45, 7) is 5.10. The molecule has 0 aromatic rings. The molecule has 4 nitrogen and oxygen atoms in total. The predicted octanol–water partition coefficient (Wildman–Crippen LogP) is 0.418. The molecular formula is C11H23NO3S. The van der Waals surface area contributed by atoms with E-state index in [-0.39, 0.29) is 24.2 Å². The lowest BCUT2D eigenvalue weighted by atomic mass is 9.90. The van der Waals surface area contributed by atoms with Crippen molar-refractivity contribution >= 4 is 9.84 Å². The monoisotopic (exact) mass is 249 g/mol. The first-order chi connectivity index (χ1) is 7.44. The summed E-state index contributed by atoms with van der Waals surface area (Å²) in [6, 6.07) is 0.437. The highest BCUT2D eigenvalue weighted by atomic mass is 32.2. The van der Waals surface area contributed by atoms with Gasteiger partial charge in [0.2, 0.25) is 0 Å². The smallest absolute Gasteiger partial charge is 0.150 e. The molecule has 0 aromatic carbocycles. The van der Waals surface area contributed by atoms with E-state index in [1.807, 2.05) is 0 Å². The van der Waals surface area contributed by atoms with Gasteiger partial charge in [0.05, 0.1) is 11.5 Å². The normalized spacial score (nSPS) is 26.1. The summed E-state index contributed by atoms with van der Waals surface area (Å²) >= 11 is 0. The average molecular weight is 249 g/mol. The molecule has 1 aliphatic rings. The van der Waals surface area contributed by atoms with E-state index in [9.17, 15) is 13.5 Å². The van der Waals surface area contributed by atoms with Gasteiger partial charge in [0, 0.05) is 12.6 Å². The highest BCUT2D eigenvalue weighted by Crippen LogP contribution is 2.27. The first-order valence-corrected chi connectivity index (χ1v) is 7.81. The summed E-state index contributed by atoms with van der Waals surface area (Å²) in [6.07, 6.45) is 1.57. The van der Waals surface area contributed by atoms with Crippen molar-refractivity contribution in [1.29, 1.82) is 0 Å². The first-order valence-electron chi connectivity index (χ1n) is 5.99. The van der Waals surface area contributed by atoms with Crippen molar-refractivity contribution in [2.75, 3.05) is 24.7 Å². The maximum atomic E-state index is 11.3. The van der Waals surface area contributed by atoms with Crippen LogP contribution in [-0.4, -0.2) is 44.2 Å². The molecule has 0 amide bonds. The molecule has 0 spiro atoms. The van der Waals surface area contributed by atoms with Gasteiger partial charge in [0.15, 0.2) is 9.84 Å². The van der Waals surface area contributed by atoms with Crippen LogP contribution in [0.3, 0.4) is 0 Å².